The number of rotatable bonds is 7. The minimum atomic E-state index is 0.177. The largest absolute Gasteiger partial charge is 0.337 e. The summed E-state index contributed by atoms with van der Waals surface area (Å²) in [5.41, 5.74) is 2.31. The Bertz CT molecular complexity index is 756. The Morgan fingerprint density at radius 2 is 1.93 bits per heavy atom. The summed E-state index contributed by atoms with van der Waals surface area (Å²) in [7, 11) is 0. The molecule has 2 aromatic rings. The Hall–Kier alpha value is -1.72. The second kappa shape index (κ2) is 10.2. The highest BCUT2D eigenvalue weighted by molar-refractivity contribution is 7.13. The molecule has 0 atom stereocenters. The zero-order valence-electron chi connectivity index (χ0n) is 17.5. The first-order valence-electron chi connectivity index (χ1n) is 10.5. The van der Waals surface area contributed by atoms with Crippen molar-refractivity contribution in [1.82, 2.24) is 14.8 Å². The zero-order valence-corrected chi connectivity index (χ0v) is 18.3. The maximum absolute atomic E-state index is 13.1. The first kappa shape index (κ1) is 21.0. The van der Waals surface area contributed by atoms with Gasteiger partial charge in [0.2, 0.25) is 0 Å². The molecule has 0 unspecified atom stereocenters. The van der Waals surface area contributed by atoms with Crippen LogP contribution >= 0.6 is 11.3 Å². The third-order valence-electron chi connectivity index (χ3n) is 5.28. The molecule has 0 aliphatic carbocycles. The van der Waals surface area contributed by atoms with Gasteiger partial charge in [0.15, 0.2) is 0 Å². The molecule has 0 N–H and O–H groups in total. The highest BCUT2D eigenvalue weighted by Crippen LogP contribution is 2.23. The van der Waals surface area contributed by atoms with E-state index in [2.05, 4.69) is 54.1 Å². The van der Waals surface area contributed by atoms with Crippen LogP contribution in [0.5, 0.6) is 0 Å². The quantitative estimate of drug-likeness (QED) is 0.691. The number of carbonyl (C=O) groups is 1. The second-order valence-electron chi connectivity index (χ2n) is 8.20. The van der Waals surface area contributed by atoms with Crippen molar-refractivity contribution in [3.8, 4) is 0 Å². The van der Waals surface area contributed by atoms with E-state index in [1.54, 1.807) is 11.3 Å². The van der Waals surface area contributed by atoms with Crippen LogP contribution in [0.3, 0.4) is 0 Å². The van der Waals surface area contributed by atoms with Crippen LogP contribution in [0.25, 0.3) is 0 Å². The fourth-order valence-electron chi connectivity index (χ4n) is 3.78. The predicted octanol–water partition coefficient (Wildman–Crippen LogP) is 4.43. The summed E-state index contributed by atoms with van der Waals surface area (Å²) in [6, 6.07) is 10.7. The van der Waals surface area contributed by atoms with E-state index in [9.17, 15) is 4.79 Å². The fourth-order valence-corrected chi connectivity index (χ4v) is 5.02. The standard InChI is InChI=1S/C23H33N3OS/c1-18(2)17-21-24-19(3)22(28-21)23(27)26-14-8-13-25(15-16-26)12-7-11-20-9-5-4-6-10-20/h4-6,9-10,18H,7-8,11-17H2,1-3H3. The van der Waals surface area contributed by atoms with E-state index < -0.39 is 0 Å². The molecular formula is C23H33N3OS. The van der Waals surface area contributed by atoms with Crippen molar-refractivity contribution in [2.24, 2.45) is 5.92 Å². The number of aromatic nitrogens is 1. The number of hydrogen-bond donors (Lipinski definition) is 0. The molecule has 1 fully saturated rings. The van der Waals surface area contributed by atoms with Gasteiger partial charge < -0.3 is 9.80 Å². The highest BCUT2D eigenvalue weighted by Gasteiger charge is 2.24. The van der Waals surface area contributed by atoms with E-state index in [0.29, 0.717) is 5.92 Å². The smallest absolute Gasteiger partial charge is 0.265 e. The normalized spacial score (nSPS) is 15.8. The van der Waals surface area contributed by atoms with Gasteiger partial charge in [-0.05, 0) is 50.8 Å². The van der Waals surface area contributed by atoms with Crippen LogP contribution in [-0.4, -0.2) is 53.4 Å². The number of nitrogens with zero attached hydrogens (tertiary/aromatic N) is 3. The number of amides is 1. The Kier molecular flexibility index (Phi) is 7.63. The molecule has 1 aliphatic heterocycles. The summed E-state index contributed by atoms with van der Waals surface area (Å²) in [4.78, 5) is 23.1. The molecule has 1 aromatic carbocycles. The molecule has 1 saturated heterocycles. The minimum absolute atomic E-state index is 0.177. The molecule has 0 bridgehead atoms. The molecule has 152 valence electrons. The first-order chi connectivity index (χ1) is 13.5. The highest BCUT2D eigenvalue weighted by atomic mass is 32.1. The zero-order chi connectivity index (χ0) is 19.9. The van der Waals surface area contributed by atoms with Gasteiger partial charge in [-0.2, -0.15) is 0 Å². The molecule has 1 aliphatic rings. The van der Waals surface area contributed by atoms with Crippen molar-refractivity contribution in [2.75, 3.05) is 32.7 Å². The Morgan fingerprint density at radius 3 is 2.68 bits per heavy atom. The van der Waals surface area contributed by atoms with E-state index in [0.717, 1.165) is 67.6 Å². The molecule has 0 radical (unpaired) electrons. The molecule has 3 rings (SSSR count). The van der Waals surface area contributed by atoms with Crippen LogP contribution in [-0.2, 0) is 12.8 Å². The third kappa shape index (κ3) is 5.89. The molecule has 0 saturated carbocycles. The van der Waals surface area contributed by atoms with Crippen LogP contribution in [0, 0.1) is 12.8 Å². The fraction of sp³-hybridized carbons (Fsp3) is 0.565. The van der Waals surface area contributed by atoms with Crippen molar-refractivity contribution >= 4 is 17.2 Å². The van der Waals surface area contributed by atoms with Gasteiger partial charge in [-0.15, -0.1) is 11.3 Å². The summed E-state index contributed by atoms with van der Waals surface area (Å²) in [6.07, 6.45) is 4.30. The number of carbonyl (C=O) groups excluding carboxylic acids is 1. The van der Waals surface area contributed by atoms with Crippen LogP contribution in [0.4, 0.5) is 0 Å². The minimum Gasteiger partial charge on any atom is -0.337 e. The van der Waals surface area contributed by atoms with Crippen LogP contribution < -0.4 is 0 Å². The number of hydrogen-bond acceptors (Lipinski definition) is 4. The lowest BCUT2D eigenvalue weighted by Gasteiger charge is -2.21. The SMILES string of the molecule is Cc1nc(CC(C)C)sc1C(=O)N1CCCN(CCCc2ccccc2)CC1. The predicted molar refractivity (Wildman–Crippen MR) is 117 cm³/mol. The van der Waals surface area contributed by atoms with Crippen LogP contribution in [0.15, 0.2) is 30.3 Å². The van der Waals surface area contributed by atoms with Gasteiger partial charge in [0.25, 0.3) is 5.91 Å². The lowest BCUT2D eigenvalue weighted by molar-refractivity contribution is 0.0765. The van der Waals surface area contributed by atoms with Gasteiger partial charge in [0.1, 0.15) is 4.88 Å². The van der Waals surface area contributed by atoms with Crippen molar-refractivity contribution in [3.05, 3.63) is 51.5 Å². The molecule has 4 nitrogen and oxygen atoms in total. The molecule has 1 amide bonds. The summed E-state index contributed by atoms with van der Waals surface area (Å²) >= 11 is 1.59. The van der Waals surface area contributed by atoms with E-state index >= 15 is 0 Å². The van der Waals surface area contributed by atoms with Gasteiger partial charge in [-0.25, -0.2) is 4.98 Å². The van der Waals surface area contributed by atoms with Crippen molar-refractivity contribution in [3.63, 3.8) is 0 Å². The van der Waals surface area contributed by atoms with E-state index in [1.807, 2.05) is 11.8 Å². The van der Waals surface area contributed by atoms with Crippen molar-refractivity contribution in [2.45, 2.75) is 46.5 Å². The van der Waals surface area contributed by atoms with Crippen LogP contribution in [0.2, 0.25) is 0 Å². The van der Waals surface area contributed by atoms with Gasteiger partial charge >= 0.3 is 0 Å². The van der Waals surface area contributed by atoms with E-state index in [1.165, 1.54) is 12.0 Å². The number of thiazole rings is 1. The Morgan fingerprint density at radius 1 is 1.14 bits per heavy atom. The number of aryl methyl sites for hydroxylation is 2. The molecule has 2 heterocycles. The van der Waals surface area contributed by atoms with E-state index in [-0.39, 0.29) is 5.91 Å². The van der Waals surface area contributed by atoms with Gasteiger partial charge in [0, 0.05) is 26.1 Å². The summed E-state index contributed by atoms with van der Waals surface area (Å²) in [5, 5.41) is 1.09. The number of benzene rings is 1. The van der Waals surface area contributed by atoms with Gasteiger partial charge in [-0.1, -0.05) is 44.2 Å². The molecule has 28 heavy (non-hydrogen) atoms. The molecule has 0 spiro atoms. The monoisotopic (exact) mass is 399 g/mol. The van der Waals surface area contributed by atoms with Crippen LogP contribution in [0.1, 0.15) is 52.6 Å². The average molecular weight is 400 g/mol. The lowest BCUT2D eigenvalue weighted by Crippen LogP contribution is -2.35. The first-order valence-corrected chi connectivity index (χ1v) is 11.4. The van der Waals surface area contributed by atoms with Gasteiger partial charge in [0.05, 0.1) is 10.7 Å². The second-order valence-corrected chi connectivity index (χ2v) is 9.28. The third-order valence-corrected chi connectivity index (χ3v) is 6.44. The maximum atomic E-state index is 13.1. The van der Waals surface area contributed by atoms with Crippen molar-refractivity contribution < 1.29 is 4.79 Å². The van der Waals surface area contributed by atoms with E-state index in [4.69, 9.17) is 0 Å². The molecular weight excluding hydrogens is 366 g/mol. The topological polar surface area (TPSA) is 36.4 Å². The summed E-state index contributed by atoms with van der Waals surface area (Å²) in [5.74, 6) is 0.743. The Labute approximate surface area is 173 Å². The molecule has 1 aromatic heterocycles. The lowest BCUT2D eigenvalue weighted by atomic mass is 10.1. The average Bonchev–Trinajstić information content (AvgIpc) is 2.88. The summed E-state index contributed by atoms with van der Waals surface area (Å²) < 4.78 is 0. The summed E-state index contributed by atoms with van der Waals surface area (Å²) in [6.45, 7) is 11.2. The van der Waals surface area contributed by atoms with Crippen molar-refractivity contribution in [1.29, 1.82) is 0 Å². The van der Waals surface area contributed by atoms with Gasteiger partial charge in [-0.3, -0.25) is 4.79 Å². The molecule has 5 heteroatoms. The maximum Gasteiger partial charge on any atom is 0.265 e. The Balaban J connectivity index is 1.50.